The number of fused-ring (bicyclic) bond motifs is 1. The summed E-state index contributed by atoms with van der Waals surface area (Å²) in [6.45, 7) is 6.96. The molecule has 0 bridgehead atoms. The molecule has 0 saturated carbocycles. The van der Waals surface area contributed by atoms with Crippen LogP contribution in [0.5, 0.6) is 0 Å². The van der Waals surface area contributed by atoms with Crippen LogP contribution in [0.15, 0.2) is 24.5 Å². The zero-order valence-electron chi connectivity index (χ0n) is 12.4. The monoisotopic (exact) mass is 274 g/mol. The highest BCUT2D eigenvalue weighted by Crippen LogP contribution is 2.28. The Bertz CT molecular complexity index is 420. The smallest absolute Gasteiger partial charge is 0.0512 e. The predicted molar refractivity (Wildman–Crippen MR) is 81.4 cm³/mol. The van der Waals surface area contributed by atoms with Gasteiger partial charge in [-0.05, 0) is 50.9 Å². The molecule has 2 aliphatic heterocycles. The maximum atomic E-state index is 6.30. The molecular formula is C16H26N4. The van der Waals surface area contributed by atoms with Gasteiger partial charge in [-0.2, -0.15) is 0 Å². The van der Waals surface area contributed by atoms with Crippen molar-refractivity contribution in [3.8, 4) is 0 Å². The van der Waals surface area contributed by atoms with Gasteiger partial charge in [0.1, 0.15) is 0 Å². The Hall–Kier alpha value is -0.970. The van der Waals surface area contributed by atoms with Crippen LogP contribution in [0, 0.1) is 0 Å². The maximum Gasteiger partial charge on any atom is 0.0512 e. The summed E-state index contributed by atoms with van der Waals surface area (Å²) in [4.78, 5) is 9.54. The van der Waals surface area contributed by atoms with Gasteiger partial charge in [-0.15, -0.1) is 0 Å². The first kappa shape index (κ1) is 14.0. The minimum absolute atomic E-state index is 0.132. The first-order valence-electron chi connectivity index (χ1n) is 7.89. The van der Waals surface area contributed by atoms with Crippen molar-refractivity contribution in [1.29, 1.82) is 0 Å². The molecule has 2 fully saturated rings. The Morgan fingerprint density at radius 2 is 2.15 bits per heavy atom. The zero-order chi connectivity index (χ0) is 13.9. The first-order valence-corrected chi connectivity index (χ1v) is 7.89. The van der Waals surface area contributed by atoms with Gasteiger partial charge < -0.3 is 5.73 Å². The van der Waals surface area contributed by atoms with Crippen molar-refractivity contribution in [2.45, 2.75) is 44.3 Å². The molecule has 4 nitrogen and oxygen atoms in total. The van der Waals surface area contributed by atoms with Crippen LogP contribution in [0.1, 0.15) is 37.8 Å². The zero-order valence-corrected chi connectivity index (χ0v) is 12.4. The van der Waals surface area contributed by atoms with E-state index >= 15 is 0 Å². The van der Waals surface area contributed by atoms with E-state index in [1.54, 1.807) is 0 Å². The Labute approximate surface area is 122 Å². The van der Waals surface area contributed by atoms with E-state index in [1.807, 2.05) is 18.5 Å². The molecule has 110 valence electrons. The summed E-state index contributed by atoms with van der Waals surface area (Å²) in [6, 6.07) is 5.34. The number of nitrogens with two attached hydrogens (primary N) is 1. The molecule has 1 aromatic heterocycles. The van der Waals surface area contributed by atoms with Gasteiger partial charge in [0.25, 0.3) is 0 Å². The van der Waals surface area contributed by atoms with Crippen molar-refractivity contribution in [2.75, 3.05) is 26.2 Å². The van der Waals surface area contributed by atoms with E-state index in [1.165, 1.54) is 37.9 Å². The van der Waals surface area contributed by atoms with E-state index in [9.17, 15) is 0 Å². The van der Waals surface area contributed by atoms with Crippen molar-refractivity contribution in [2.24, 2.45) is 5.73 Å². The fraction of sp³-hybridized carbons (Fsp3) is 0.688. The van der Waals surface area contributed by atoms with Crippen LogP contribution in [-0.2, 0) is 0 Å². The summed E-state index contributed by atoms with van der Waals surface area (Å²) in [5, 5.41) is 0. The topological polar surface area (TPSA) is 45.4 Å². The van der Waals surface area contributed by atoms with Crippen LogP contribution in [0.25, 0.3) is 0 Å². The lowest BCUT2D eigenvalue weighted by molar-refractivity contribution is 0.157. The van der Waals surface area contributed by atoms with Crippen molar-refractivity contribution in [3.05, 3.63) is 30.1 Å². The predicted octanol–water partition coefficient (Wildman–Crippen LogP) is 1.64. The molecule has 3 unspecified atom stereocenters. The van der Waals surface area contributed by atoms with Gasteiger partial charge in [0.15, 0.2) is 0 Å². The van der Waals surface area contributed by atoms with E-state index < -0.39 is 0 Å². The third-order valence-electron chi connectivity index (χ3n) is 4.75. The van der Waals surface area contributed by atoms with Gasteiger partial charge in [0.05, 0.1) is 6.04 Å². The molecule has 2 saturated heterocycles. The molecule has 3 rings (SSSR count). The van der Waals surface area contributed by atoms with Gasteiger partial charge in [-0.25, -0.2) is 0 Å². The molecule has 2 N–H and O–H groups in total. The number of pyridine rings is 1. The summed E-state index contributed by atoms with van der Waals surface area (Å²) in [5.74, 6) is 0. The van der Waals surface area contributed by atoms with Crippen LogP contribution in [0.4, 0.5) is 0 Å². The van der Waals surface area contributed by atoms with Gasteiger partial charge >= 0.3 is 0 Å². The molecule has 0 amide bonds. The fourth-order valence-corrected chi connectivity index (χ4v) is 3.89. The lowest BCUT2D eigenvalue weighted by atomic mass is 10.00. The van der Waals surface area contributed by atoms with Crippen molar-refractivity contribution < 1.29 is 0 Å². The summed E-state index contributed by atoms with van der Waals surface area (Å²) in [7, 11) is 0. The molecule has 3 atom stereocenters. The van der Waals surface area contributed by atoms with Crippen LogP contribution >= 0.6 is 0 Å². The van der Waals surface area contributed by atoms with Crippen LogP contribution in [-0.4, -0.2) is 53.0 Å². The highest BCUT2D eigenvalue weighted by molar-refractivity contribution is 5.16. The second-order valence-corrected chi connectivity index (χ2v) is 6.27. The molecule has 0 spiro atoms. The maximum absolute atomic E-state index is 6.30. The van der Waals surface area contributed by atoms with Gasteiger partial charge in [-0.1, -0.05) is 6.07 Å². The average molecular weight is 274 g/mol. The van der Waals surface area contributed by atoms with Crippen molar-refractivity contribution >= 4 is 0 Å². The van der Waals surface area contributed by atoms with Crippen LogP contribution in [0.3, 0.4) is 0 Å². The van der Waals surface area contributed by atoms with E-state index in [0.717, 1.165) is 19.1 Å². The number of rotatable bonds is 3. The largest absolute Gasteiger partial charge is 0.326 e. The second kappa shape index (κ2) is 6.20. The highest BCUT2D eigenvalue weighted by Gasteiger charge is 2.33. The number of hydrogen-bond donors (Lipinski definition) is 1. The molecule has 2 aliphatic rings. The van der Waals surface area contributed by atoms with Gasteiger partial charge in [-0.3, -0.25) is 14.8 Å². The summed E-state index contributed by atoms with van der Waals surface area (Å²) >= 11 is 0. The molecule has 0 aliphatic carbocycles. The first-order chi connectivity index (χ1) is 9.75. The van der Waals surface area contributed by atoms with Crippen molar-refractivity contribution in [3.63, 3.8) is 0 Å². The molecule has 1 aromatic rings. The minimum atomic E-state index is 0.132. The minimum Gasteiger partial charge on any atom is -0.326 e. The third-order valence-corrected chi connectivity index (χ3v) is 4.75. The van der Waals surface area contributed by atoms with Gasteiger partial charge in [0, 0.05) is 37.6 Å². The standard InChI is InChI=1S/C16H26N4/c1-13(17)16(14-5-2-7-18-11-14)20-10-4-9-19-8-3-6-15(19)12-20/h2,5,7,11,13,15-16H,3-4,6,8-10,12,17H2,1H3. The highest BCUT2D eigenvalue weighted by atomic mass is 15.3. The normalized spacial score (nSPS) is 27.8. The molecule has 0 aromatic carbocycles. The Morgan fingerprint density at radius 3 is 2.90 bits per heavy atom. The van der Waals surface area contributed by atoms with E-state index in [2.05, 4.69) is 27.8 Å². The Balaban J connectivity index is 1.80. The fourth-order valence-electron chi connectivity index (χ4n) is 3.89. The van der Waals surface area contributed by atoms with Crippen LogP contribution in [0.2, 0.25) is 0 Å². The summed E-state index contributed by atoms with van der Waals surface area (Å²) in [5.41, 5.74) is 7.56. The third kappa shape index (κ3) is 2.87. The molecule has 3 heterocycles. The number of hydrogen-bond acceptors (Lipinski definition) is 4. The van der Waals surface area contributed by atoms with E-state index in [-0.39, 0.29) is 6.04 Å². The van der Waals surface area contributed by atoms with Gasteiger partial charge in [0.2, 0.25) is 0 Å². The van der Waals surface area contributed by atoms with E-state index in [4.69, 9.17) is 5.73 Å². The van der Waals surface area contributed by atoms with Crippen molar-refractivity contribution in [1.82, 2.24) is 14.8 Å². The molecular weight excluding hydrogens is 248 g/mol. The SMILES string of the molecule is CC(N)C(c1cccnc1)N1CCCN2CCCC2C1. The second-order valence-electron chi connectivity index (χ2n) is 6.27. The van der Waals surface area contributed by atoms with Crippen LogP contribution < -0.4 is 5.73 Å². The summed E-state index contributed by atoms with van der Waals surface area (Å²) < 4.78 is 0. The lowest BCUT2D eigenvalue weighted by Gasteiger charge is -2.35. The average Bonchev–Trinajstić information content (AvgIpc) is 2.78. The quantitative estimate of drug-likeness (QED) is 0.910. The lowest BCUT2D eigenvalue weighted by Crippen LogP contribution is -2.44. The van der Waals surface area contributed by atoms with E-state index in [0.29, 0.717) is 6.04 Å². The Kier molecular flexibility index (Phi) is 4.34. The summed E-state index contributed by atoms with van der Waals surface area (Å²) in [6.07, 6.45) is 7.76. The number of aromatic nitrogens is 1. The molecule has 20 heavy (non-hydrogen) atoms. The number of nitrogens with zero attached hydrogens (tertiary/aromatic N) is 3. The molecule has 0 radical (unpaired) electrons. The molecule has 4 heteroatoms. The Morgan fingerprint density at radius 1 is 1.30 bits per heavy atom.